The van der Waals surface area contributed by atoms with Crippen molar-refractivity contribution in [2.75, 3.05) is 0 Å². The highest BCUT2D eigenvalue weighted by molar-refractivity contribution is 5.48. The molecule has 1 rings (SSSR count). The Morgan fingerprint density at radius 3 is 1.31 bits per heavy atom. The maximum Gasteiger partial charge on any atom is 0.0346 e. The first-order valence-corrected chi connectivity index (χ1v) is 15.4. The summed E-state index contributed by atoms with van der Waals surface area (Å²) < 4.78 is 0. The highest BCUT2D eigenvalue weighted by Crippen LogP contribution is 2.34. The zero-order chi connectivity index (χ0) is 25.8. The fraction of sp³-hybridized carbons (Fsp3) is 0.765. The molecule has 202 valence electrons. The summed E-state index contributed by atoms with van der Waals surface area (Å²) in [6.07, 6.45) is 29.5. The average molecular weight is 484 g/mol. The molecule has 0 amide bonds. The summed E-state index contributed by atoms with van der Waals surface area (Å²) in [5.74, 6) is 0. The van der Waals surface area contributed by atoms with Crippen LogP contribution in [0.25, 0.3) is 6.08 Å². The second-order valence-electron chi connectivity index (χ2n) is 12.2. The van der Waals surface area contributed by atoms with Crippen LogP contribution < -0.4 is 0 Å². The van der Waals surface area contributed by atoms with Crippen LogP contribution in [0.15, 0.2) is 36.5 Å². The van der Waals surface area contributed by atoms with Gasteiger partial charge in [0.25, 0.3) is 0 Å². The molecule has 0 aliphatic heterocycles. The van der Waals surface area contributed by atoms with Crippen molar-refractivity contribution >= 4 is 6.08 Å². The minimum absolute atomic E-state index is 0.164. The maximum absolute atomic E-state index is 2.70. The van der Waals surface area contributed by atoms with E-state index in [9.17, 15) is 0 Å². The molecule has 0 N–H and O–H groups in total. The molecule has 0 saturated heterocycles. The van der Waals surface area contributed by atoms with Crippen LogP contribution in [0.2, 0.25) is 0 Å². The fourth-order valence-electron chi connectivity index (χ4n) is 5.57. The molecule has 1 heteroatoms. The molecule has 1 nitrogen and oxygen atoms in total. The van der Waals surface area contributed by atoms with Gasteiger partial charge >= 0.3 is 0 Å². The van der Waals surface area contributed by atoms with Crippen molar-refractivity contribution in [3.8, 4) is 0 Å². The summed E-state index contributed by atoms with van der Waals surface area (Å²) in [6.45, 7) is 14.5. The first kappa shape index (κ1) is 31.8. The van der Waals surface area contributed by atoms with Crippen molar-refractivity contribution in [2.45, 2.75) is 168 Å². The van der Waals surface area contributed by atoms with Gasteiger partial charge in [0.15, 0.2) is 0 Å². The summed E-state index contributed by atoms with van der Waals surface area (Å²) in [5, 5.41) is 0. The van der Waals surface area contributed by atoms with E-state index in [4.69, 9.17) is 0 Å². The molecular formula is C34H61N. The Morgan fingerprint density at radius 1 is 0.543 bits per heavy atom. The maximum atomic E-state index is 2.70. The van der Waals surface area contributed by atoms with E-state index in [0.29, 0.717) is 0 Å². The lowest BCUT2D eigenvalue weighted by atomic mass is 9.86. The molecule has 0 spiro atoms. The molecule has 0 heterocycles. The van der Waals surface area contributed by atoms with E-state index in [1.165, 1.54) is 121 Å². The van der Waals surface area contributed by atoms with Crippen LogP contribution in [-0.2, 0) is 0 Å². The molecule has 0 aliphatic carbocycles. The molecule has 0 fully saturated rings. The molecule has 0 aliphatic rings. The van der Waals surface area contributed by atoms with Gasteiger partial charge in [-0.15, -0.1) is 0 Å². The van der Waals surface area contributed by atoms with E-state index in [0.717, 1.165) is 0 Å². The monoisotopic (exact) mass is 483 g/mol. The van der Waals surface area contributed by atoms with Gasteiger partial charge < -0.3 is 4.90 Å². The minimum Gasteiger partial charge on any atom is -0.367 e. The van der Waals surface area contributed by atoms with Gasteiger partial charge in [-0.2, -0.15) is 0 Å². The SMILES string of the molecule is CCCCCCCCCCC(C)(C)N(/C=C/c1ccccc1)C(C)(C)CCCCCCCCCC. The number of unbranched alkanes of at least 4 members (excludes halogenated alkanes) is 14. The molecule has 1 aromatic carbocycles. The van der Waals surface area contributed by atoms with Crippen LogP contribution in [0.4, 0.5) is 0 Å². The topological polar surface area (TPSA) is 3.24 Å². The van der Waals surface area contributed by atoms with Crippen LogP contribution in [0.1, 0.15) is 163 Å². The van der Waals surface area contributed by atoms with Crippen molar-refractivity contribution in [2.24, 2.45) is 0 Å². The van der Waals surface area contributed by atoms with Gasteiger partial charge in [0.1, 0.15) is 0 Å². The predicted octanol–water partition coefficient (Wildman–Crippen LogP) is 11.6. The third-order valence-electron chi connectivity index (χ3n) is 7.80. The van der Waals surface area contributed by atoms with Crippen LogP contribution in [-0.4, -0.2) is 16.0 Å². The first-order chi connectivity index (χ1) is 16.8. The van der Waals surface area contributed by atoms with E-state index in [1.807, 2.05) is 0 Å². The highest BCUT2D eigenvalue weighted by atomic mass is 15.2. The van der Waals surface area contributed by atoms with Crippen LogP contribution in [0.5, 0.6) is 0 Å². The largest absolute Gasteiger partial charge is 0.367 e. The highest BCUT2D eigenvalue weighted by Gasteiger charge is 2.34. The number of nitrogens with zero attached hydrogens (tertiary/aromatic N) is 1. The normalized spacial score (nSPS) is 12.5. The van der Waals surface area contributed by atoms with Crippen LogP contribution >= 0.6 is 0 Å². The summed E-state index contributed by atoms with van der Waals surface area (Å²) >= 11 is 0. The van der Waals surface area contributed by atoms with Crippen molar-refractivity contribution < 1.29 is 0 Å². The molecule has 0 bridgehead atoms. The van der Waals surface area contributed by atoms with Gasteiger partial charge in [0.05, 0.1) is 0 Å². The summed E-state index contributed by atoms with van der Waals surface area (Å²) in [4.78, 5) is 2.70. The lowest BCUT2D eigenvalue weighted by Crippen LogP contribution is -2.52. The number of benzene rings is 1. The quantitative estimate of drug-likeness (QED) is 0.148. The molecule has 0 saturated carbocycles. The van der Waals surface area contributed by atoms with Gasteiger partial charge in [-0.25, -0.2) is 0 Å². The minimum atomic E-state index is 0.164. The van der Waals surface area contributed by atoms with E-state index in [-0.39, 0.29) is 11.1 Å². The number of rotatable bonds is 22. The lowest BCUT2D eigenvalue weighted by Gasteiger charge is -2.49. The Balaban J connectivity index is 2.64. The Kier molecular flexibility index (Phi) is 17.2. The molecule has 1 aromatic rings. The number of hydrogen-bond acceptors (Lipinski definition) is 1. The van der Waals surface area contributed by atoms with Crippen LogP contribution in [0.3, 0.4) is 0 Å². The van der Waals surface area contributed by atoms with Gasteiger partial charge in [-0.05, 0) is 52.2 Å². The van der Waals surface area contributed by atoms with Crippen molar-refractivity contribution in [3.63, 3.8) is 0 Å². The molecule has 0 aromatic heterocycles. The fourth-order valence-corrected chi connectivity index (χ4v) is 5.57. The van der Waals surface area contributed by atoms with E-state index in [2.05, 4.69) is 89.1 Å². The van der Waals surface area contributed by atoms with Gasteiger partial charge in [-0.1, -0.05) is 147 Å². The summed E-state index contributed by atoms with van der Waals surface area (Å²) in [5.41, 5.74) is 1.62. The zero-order valence-corrected chi connectivity index (χ0v) is 24.7. The second-order valence-corrected chi connectivity index (χ2v) is 12.2. The third kappa shape index (κ3) is 14.8. The standard InChI is InChI=1S/C34H61N/c1-7-9-11-13-15-17-19-24-29-33(3,4)35(31-28-32-26-22-21-23-27-32)34(5,6)30-25-20-18-16-14-12-10-8-2/h21-23,26-28,31H,7-20,24-25,29-30H2,1-6H3/b31-28+. The molecule has 0 unspecified atom stereocenters. The summed E-state index contributed by atoms with van der Waals surface area (Å²) in [6, 6.07) is 10.8. The smallest absolute Gasteiger partial charge is 0.0346 e. The Hall–Kier alpha value is -1.24. The Bertz CT molecular complexity index is 595. The van der Waals surface area contributed by atoms with E-state index < -0.39 is 0 Å². The first-order valence-electron chi connectivity index (χ1n) is 15.4. The van der Waals surface area contributed by atoms with Crippen molar-refractivity contribution in [1.29, 1.82) is 0 Å². The second kappa shape index (κ2) is 18.9. The van der Waals surface area contributed by atoms with Crippen molar-refractivity contribution in [3.05, 3.63) is 42.1 Å². The molecule has 35 heavy (non-hydrogen) atoms. The molecular weight excluding hydrogens is 422 g/mol. The van der Waals surface area contributed by atoms with Crippen molar-refractivity contribution in [1.82, 2.24) is 4.90 Å². The van der Waals surface area contributed by atoms with Gasteiger partial charge in [0.2, 0.25) is 0 Å². The van der Waals surface area contributed by atoms with E-state index in [1.54, 1.807) is 0 Å². The van der Waals surface area contributed by atoms with Gasteiger partial charge in [0, 0.05) is 17.3 Å². The van der Waals surface area contributed by atoms with Gasteiger partial charge in [-0.3, -0.25) is 0 Å². The lowest BCUT2D eigenvalue weighted by molar-refractivity contribution is 0.0540. The Labute approximate surface area is 221 Å². The Morgan fingerprint density at radius 2 is 0.914 bits per heavy atom. The third-order valence-corrected chi connectivity index (χ3v) is 7.80. The molecule has 0 radical (unpaired) electrons. The van der Waals surface area contributed by atoms with Crippen LogP contribution in [0, 0.1) is 0 Å². The zero-order valence-electron chi connectivity index (χ0n) is 24.7. The predicted molar refractivity (Wildman–Crippen MR) is 160 cm³/mol. The average Bonchev–Trinajstić information content (AvgIpc) is 2.83. The molecule has 0 atom stereocenters. The van der Waals surface area contributed by atoms with E-state index >= 15 is 0 Å². The summed E-state index contributed by atoms with van der Waals surface area (Å²) in [7, 11) is 0. The number of hydrogen-bond donors (Lipinski definition) is 0.